The van der Waals surface area contributed by atoms with Gasteiger partial charge < -0.3 is 4.57 Å². The molecule has 1 aliphatic heterocycles. The van der Waals surface area contributed by atoms with Gasteiger partial charge in [-0.2, -0.15) is 0 Å². The molecule has 1 saturated heterocycles. The lowest BCUT2D eigenvalue weighted by Gasteiger charge is -2.49. The highest BCUT2D eigenvalue weighted by atomic mass is 28.3. The van der Waals surface area contributed by atoms with Crippen molar-refractivity contribution in [2.75, 3.05) is 13.1 Å². The average molecular weight is 439 g/mol. The van der Waals surface area contributed by atoms with Crippen LogP contribution >= 0.6 is 0 Å². The molecule has 4 unspecified atom stereocenters. The van der Waals surface area contributed by atoms with Crippen LogP contribution < -0.4 is 5.32 Å². The summed E-state index contributed by atoms with van der Waals surface area (Å²) in [4.78, 5) is 0. The minimum Gasteiger partial charge on any atom is -0.306 e. The van der Waals surface area contributed by atoms with E-state index < -0.39 is 8.24 Å². The molecule has 172 valence electrons. The number of rotatable bonds is 2. The number of hydrogen-bond donors (Lipinski definition) is 1. The van der Waals surface area contributed by atoms with Crippen molar-refractivity contribution in [2.45, 2.75) is 79.7 Å². The first kappa shape index (κ1) is 23.3. The lowest BCUT2D eigenvalue weighted by molar-refractivity contribution is 0.247. The van der Waals surface area contributed by atoms with Gasteiger partial charge in [0.1, 0.15) is 8.24 Å². The van der Waals surface area contributed by atoms with Crippen LogP contribution in [-0.4, -0.2) is 31.6 Å². The molecule has 2 nitrogen and oxygen atoms in total. The molecular formula is C28H46N2Si. The van der Waals surface area contributed by atoms with Crippen LogP contribution in [0.15, 0.2) is 47.6 Å². The van der Waals surface area contributed by atoms with E-state index >= 15 is 0 Å². The molecule has 1 saturated carbocycles. The highest BCUT2D eigenvalue weighted by Gasteiger charge is 2.58. The molecule has 4 aliphatic rings. The van der Waals surface area contributed by atoms with E-state index in [0.717, 1.165) is 12.1 Å². The van der Waals surface area contributed by atoms with E-state index in [-0.39, 0.29) is 16.5 Å². The van der Waals surface area contributed by atoms with Crippen LogP contribution in [0.5, 0.6) is 0 Å². The van der Waals surface area contributed by atoms with E-state index in [9.17, 15) is 0 Å². The molecule has 1 N–H and O–H groups in total. The van der Waals surface area contributed by atoms with Crippen LogP contribution in [0.1, 0.15) is 55.4 Å². The average Bonchev–Trinajstić information content (AvgIpc) is 3.16. The second-order valence-corrected chi connectivity index (χ2v) is 18.1. The maximum absolute atomic E-state index is 3.79. The Hall–Kier alpha value is -0.903. The third-order valence-corrected chi connectivity index (χ3v) is 13.3. The predicted molar refractivity (Wildman–Crippen MR) is 137 cm³/mol. The molecule has 3 heteroatoms. The van der Waals surface area contributed by atoms with E-state index in [1.54, 1.807) is 0 Å². The fourth-order valence-electron chi connectivity index (χ4n) is 7.13. The summed E-state index contributed by atoms with van der Waals surface area (Å²) in [6.45, 7) is 26.6. The highest BCUT2D eigenvalue weighted by Crippen LogP contribution is 2.61. The molecule has 3 aliphatic carbocycles. The summed E-state index contributed by atoms with van der Waals surface area (Å²) in [5.41, 5.74) is 4.32. The Balaban J connectivity index is 1.83. The van der Waals surface area contributed by atoms with Crippen LogP contribution in [0, 0.1) is 34.5 Å². The number of nitrogens with one attached hydrogen (secondary N) is 1. The van der Waals surface area contributed by atoms with Crippen LogP contribution in [0.2, 0.25) is 18.6 Å². The second kappa shape index (κ2) is 7.30. The van der Waals surface area contributed by atoms with Crippen LogP contribution in [0.25, 0.3) is 0 Å². The van der Waals surface area contributed by atoms with Gasteiger partial charge in [-0.25, -0.2) is 0 Å². The minimum absolute atomic E-state index is 0.103. The van der Waals surface area contributed by atoms with E-state index in [2.05, 4.69) is 115 Å². The Bertz CT molecular complexity index is 791. The molecular weight excluding hydrogens is 392 g/mol. The van der Waals surface area contributed by atoms with Crippen molar-refractivity contribution in [3.8, 4) is 0 Å². The van der Waals surface area contributed by atoms with Crippen LogP contribution in [0.3, 0.4) is 0 Å². The minimum atomic E-state index is -1.75. The Morgan fingerprint density at radius 1 is 0.839 bits per heavy atom. The highest BCUT2D eigenvalue weighted by molar-refractivity contribution is 6.76. The summed E-state index contributed by atoms with van der Waals surface area (Å²) >= 11 is 0. The lowest BCUT2D eigenvalue weighted by atomic mass is 9.74. The molecule has 0 aromatic rings. The number of hydrogen-bond acceptors (Lipinski definition) is 2. The first-order chi connectivity index (χ1) is 14.1. The van der Waals surface area contributed by atoms with Gasteiger partial charge in [0, 0.05) is 13.1 Å². The number of fused-ring (bicyclic) bond motifs is 3. The van der Waals surface area contributed by atoms with E-state index in [4.69, 9.17) is 0 Å². The Morgan fingerprint density at radius 3 is 1.65 bits per heavy atom. The maximum Gasteiger partial charge on any atom is 0.128 e. The Labute approximate surface area is 193 Å². The van der Waals surface area contributed by atoms with Gasteiger partial charge in [0.15, 0.2) is 0 Å². The molecule has 0 bridgehead atoms. The summed E-state index contributed by atoms with van der Waals surface area (Å²) < 4.78 is 2.90. The van der Waals surface area contributed by atoms with Crippen molar-refractivity contribution in [3.63, 3.8) is 0 Å². The fraction of sp³-hybridized carbons (Fsp3) is 0.714. The van der Waals surface area contributed by atoms with Crippen molar-refractivity contribution in [3.05, 3.63) is 47.6 Å². The number of nitrogens with zero attached hydrogens (tertiary/aromatic N) is 1. The van der Waals surface area contributed by atoms with Crippen molar-refractivity contribution < 1.29 is 0 Å². The van der Waals surface area contributed by atoms with E-state index in [1.165, 1.54) is 17.7 Å². The topological polar surface area (TPSA) is 15.3 Å². The van der Waals surface area contributed by atoms with Gasteiger partial charge in [0.05, 0.1) is 5.66 Å². The van der Waals surface area contributed by atoms with Gasteiger partial charge in [0.2, 0.25) is 0 Å². The summed E-state index contributed by atoms with van der Waals surface area (Å²) in [5.74, 6) is 2.57. The summed E-state index contributed by atoms with van der Waals surface area (Å²) in [7, 11) is -1.75. The molecule has 0 radical (unpaired) electrons. The van der Waals surface area contributed by atoms with Gasteiger partial charge in [0.25, 0.3) is 0 Å². The van der Waals surface area contributed by atoms with Crippen molar-refractivity contribution in [1.29, 1.82) is 0 Å². The maximum atomic E-state index is 3.79. The van der Waals surface area contributed by atoms with Crippen LogP contribution in [0.4, 0.5) is 0 Å². The molecule has 4 rings (SSSR count). The third kappa shape index (κ3) is 3.89. The molecule has 0 spiro atoms. The second-order valence-electron chi connectivity index (χ2n) is 13.6. The Morgan fingerprint density at radius 2 is 1.29 bits per heavy atom. The van der Waals surface area contributed by atoms with Crippen molar-refractivity contribution in [1.82, 2.24) is 9.88 Å². The van der Waals surface area contributed by atoms with Crippen LogP contribution in [-0.2, 0) is 0 Å². The van der Waals surface area contributed by atoms with E-state index in [0.29, 0.717) is 23.7 Å². The fourth-order valence-corrected chi connectivity index (χ4v) is 12.2. The number of allylic oxidation sites excluding steroid dienone is 8. The van der Waals surface area contributed by atoms with Gasteiger partial charge >= 0.3 is 0 Å². The third-order valence-electron chi connectivity index (χ3n) is 8.71. The van der Waals surface area contributed by atoms with Gasteiger partial charge in [-0.1, -0.05) is 91.1 Å². The smallest absolute Gasteiger partial charge is 0.128 e. The SMILES string of the molecule is CC(C)(C)C1=CC2C(C=C1)C1C=CC(C(C)(C)C)=CC1C2[Si](C)(C)N1CCNC1(C)C. The molecule has 0 aromatic carbocycles. The zero-order valence-corrected chi connectivity index (χ0v) is 22.7. The lowest BCUT2D eigenvalue weighted by Crippen LogP contribution is -2.62. The van der Waals surface area contributed by atoms with Gasteiger partial charge in [-0.15, -0.1) is 0 Å². The first-order valence-corrected chi connectivity index (χ1v) is 15.5. The largest absolute Gasteiger partial charge is 0.306 e. The molecule has 0 aromatic heterocycles. The van der Waals surface area contributed by atoms with Crippen molar-refractivity contribution >= 4 is 8.24 Å². The summed E-state index contributed by atoms with van der Waals surface area (Å²) in [5, 5.41) is 3.79. The van der Waals surface area contributed by atoms with E-state index in [1.807, 2.05) is 0 Å². The van der Waals surface area contributed by atoms with Crippen molar-refractivity contribution in [2.24, 2.45) is 34.5 Å². The monoisotopic (exact) mass is 438 g/mol. The quantitative estimate of drug-likeness (QED) is 0.479. The Kier molecular flexibility index (Phi) is 5.48. The zero-order valence-electron chi connectivity index (χ0n) is 21.7. The van der Waals surface area contributed by atoms with Gasteiger partial charge in [-0.3, -0.25) is 5.32 Å². The normalized spacial score (nSPS) is 35.6. The first-order valence-electron chi connectivity index (χ1n) is 12.5. The van der Waals surface area contributed by atoms with Gasteiger partial charge in [-0.05, 0) is 65.0 Å². The molecule has 4 atom stereocenters. The summed E-state index contributed by atoms with van der Waals surface area (Å²) in [6, 6.07) is 0. The standard InChI is InChI=1S/C28H46N2Si/c1-26(2,3)19-11-13-21-22-14-12-20(27(4,5)6)18-24(22)25(23(21)17-19)31(9,10)30-16-15-29-28(30,7)8/h11-14,17-18,21-25,29H,15-16H2,1-10H3. The molecule has 0 amide bonds. The predicted octanol–water partition coefficient (Wildman–Crippen LogP) is 6.77. The molecule has 2 fully saturated rings. The summed E-state index contributed by atoms with van der Waals surface area (Å²) in [6.07, 6.45) is 15.5. The molecule has 1 heterocycles. The molecule has 31 heavy (non-hydrogen) atoms. The zero-order chi connectivity index (χ0) is 23.0.